The molecule has 0 aliphatic rings. The molecule has 2 rings (SSSR count). The van der Waals surface area contributed by atoms with E-state index in [0.29, 0.717) is 11.5 Å². The van der Waals surface area contributed by atoms with Crippen LogP contribution >= 0.6 is 11.8 Å². The van der Waals surface area contributed by atoms with Gasteiger partial charge in [-0.3, -0.25) is 20.4 Å². The number of ether oxygens (including phenoxy) is 1. The molecule has 0 aliphatic heterocycles. The first-order valence-electron chi connectivity index (χ1n) is 9.27. The van der Waals surface area contributed by atoms with Crippen LogP contribution in [0.1, 0.15) is 12.0 Å². The van der Waals surface area contributed by atoms with Crippen molar-refractivity contribution in [1.29, 1.82) is 0 Å². The van der Waals surface area contributed by atoms with Crippen LogP contribution in [-0.2, 0) is 19.6 Å². The van der Waals surface area contributed by atoms with Gasteiger partial charge in [0.2, 0.25) is 10.0 Å². The molecule has 0 spiro atoms. The summed E-state index contributed by atoms with van der Waals surface area (Å²) in [6, 6.07) is 10.7. The summed E-state index contributed by atoms with van der Waals surface area (Å²) in [6.07, 6.45) is 1.93. The van der Waals surface area contributed by atoms with Crippen molar-refractivity contribution in [3.63, 3.8) is 0 Å². The topological polar surface area (TPSA) is 114 Å². The van der Waals surface area contributed by atoms with Crippen molar-refractivity contribution in [3.8, 4) is 5.75 Å². The van der Waals surface area contributed by atoms with E-state index in [1.165, 1.54) is 23.9 Å². The lowest BCUT2D eigenvalue weighted by Crippen LogP contribution is -2.53. The molecule has 1 unspecified atom stereocenters. The van der Waals surface area contributed by atoms with Crippen molar-refractivity contribution in [2.75, 3.05) is 18.6 Å². The minimum absolute atomic E-state index is 0.135. The Morgan fingerprint density at radius 1 is 1.13 bits per heavy atom. The van der Waals surface area contributed by atoms with E-state index in [0.717, 1.165) is 17.7 Å². The van der Waals surface area contributed by atoms with Gasteiger partial charge in [0.25, 0.3) is 11.8 Å². The van der Waals surface area contributed by atoms with Crippen LogP contribution in [0.3, 0.4) is 0 Å². The Morgan fingerprint density at radius 2 is 1.87 bits per heavy atom. The highest BCUT2D eigenvalue weighted by atomic mass is 32.2. The molecule has 168 valence electrons. The number of aryl methyl sites for hydroxylation is 1. The Labute approximate surface area is 185 Å². The number of halogens is 1. The Morgan fingerprint density at radius 3 is 2.55 bits per heavy atom. The third-order valence-corrected chi connectivity index (χ3v) is 6.18. The van der Waals surface area contributed by atoms with E-state index >= 15 is 0 Å². The van der Waals surface area contributed by atoms with Crippen LogP contribution in [0.25, 0.3) is 0 Å². The largest absolute Gasteiger partial charge is 0.484 e. The minimum Gasteiger partial charge on any atom is -0.484 e. The van der Waals surface area contributed by atoms with E-state index in [1.54, 1.807) is 24.5 Å². The van der Waals surface area contributed by atoms with Gasteiger partial charge in [0.05, 0.1) is 0 Å². The molecule has 0 bridgehead atoms. The van der Waals surface area contributed by atoms with Gasteiger partial charge in [-0.1, -0.05) is 24.3 Å². The maximum Gasteiger partial charge on any atom is 0.276 e. The van der Waals surface area contributed by atoms with Crippen molar-refractivity contribution in [2.45, 2.75) is 24.3 Å². The molecule has 0 heterocycles. The number of thioether (sulfide) groups is 1. The Bertz CT molecular complexity index is 1020. The summed E-state index contributed by atoms with van der Waals surface area (Å²) in [5.74, 6) is -1.38. The summed E-state index contributed by atoms with van der Waals surface area (Å²) in [4.78, 5) is 23.9. The number of carbonyl (C=O) groups excluding carboxylic acids is 2. The number of hydrogen-bond donors (Lipinski definition) is 3. The van der Waals surface area contributed by atoms with Gasteiger partial charge < -0.3 is 4.74 Å². The lowest BCUT2D eigenvalue weighted by Gasteiger charge is -2.18. The Balaban J connectivity index is 1.96. The minimum atomic E-state index is -4.29. The molecular formula is C20H24FN3O5S2. The average Bonchev–Trinajstić information content (AvgIpc) is 2.73. The first-order chi connectivity index (χ1) is 14.7. The zero-order chi connectivity index (χ0) is 22.9. The fraction of sp³-hybridized carbons (Fsp3) is 0.300. The Kier molecular flexibility index (Phi) is 9.28. The molecule has 0 saturated carbocycles. The number of carbonyl (C=O) groups is 2. The summed E-state index contributed by atoms with van der Waals surface area (Å²) in [6.45, 7) is 1.53. The van der Waals surface area contributed by atoms with Gasteiger partial charge in [0, 0.05) is 0 Å². The van der Waals surface area contributed by atoms with Gasteiger partial charge in [-0.05, 0) is 55.2 Å². The predicted octanol–water partition coefficient (Wildman–Crippen LogP) is 1.76. The standard InChI is InChI=1S/C20H24FN3O5S2/c1-14-6-5-7-15(12-14)29-13-19(25)22-23-20(26)17(10-11-30-2)24-31(27,28)18-9-4-3-8-16(18)21/h3-9,12,17,24H,10-11,13H2,1-2H3,(H,22,25)(H,23,26). The number of amides is 2. The van der Waals surface area contributed by atoms with E-state index in [-0.39, 0.29) is 13.0 Å². The first-order valence-corrected chi connectivity index (χ1v) is 12.1. The van der Waals surface area contributed by atoms with Crippen molar-refractivity contribution >= 4 is 33.6 Å². The van der Waals surface area contributed by atoms with Gasteiger partial charge in [-0.25, -0.2) is 12.8 Å². The third kappa shape index (κ3) is 7.85. The number of hydrazine groups is 1. The third-order valence-electron chi connectivity index (χ3n) is 4.04. The zero-order valence-corrected chi connectivity index (χ0v) is 18.7. The van der Waals surface area contributed by atoms with Crippen LogP contribution in [-0.4, -0.2) is 44.9 Å². The van der Waals surface area contributed by atoms with Crippen LogP contribution in [0, 0.1) is 12.7 Å². The Hall–Kier alpha value is -2.63. The number of nitrogens with one attached hydrogen (secondary N) is 3. The zero-order valence-electron chi connectivity index (χ0n) is 17.1. The second-order valence-corrected chi connectivity index (χ2v) is 9.20. The SMILES string of the molecule is CSCCC(NS(=O)(=O)c1ccccc1F)C(=O)NNC(=O)COc1cccc(C)c1. The fourth-order valence-electron chi connectivity index (χ4n) is 2.50. The summed E-state index contributed by atoms with van der Waals surface area (Å²) >= 11 is 1.41. The molecule has 8 nitrogen and oxygen atoms in total. The molecule has 3 N–H and O–H groups in total. The average molecular weight is 470 g/mol. The van der Waals surface area contributed by atoms with Crippen molar-refractivity contribution in [3.05, 3.63) is 59.9 Å². The first kappa shape index (κ1) is 24.6. The van der Waals surface area contributed by atoms with E-state index in [1.807, 2.05) is 13.0 Å². The smallest absolute Gasteiger partial charge is 0.276 e. The molecule has 0 saturated heterocycles. The highest BCUT2D eigenvalue weighted by molar-refractivity contribution is 7.98. The molecule has 1 atom stereocenters. The number of hydrogen-bond acceptors (Lipinski definition) is 6. The van der Waals surface area contributed by atoms with Crippen molar-refractivity contribution < 1.29 is 27.1 Å². The molecule has 2 aromatic rings. The molecule has 2 amide bonds. The molecule has 0 aliphatic carbocycles. The van der Waals surface area contributed by atoms with Crippen LogP contribution in [0.15, 0.2) is 53.4 Å². The second-order valence-electron chi connectivity index (χ2n) is 6.53. The summed E-state index contributed by atoms with van der Waals surface area (Å²) in [5, 5.41) is 0. The number of rotatable bonds is 10. The van der Waals surface area contributed by atoms with Gasteiger partial charge >= 0.3 is 0 Å². The van der Waals surface area contributed by atoms with Gasteiger partial charge in [0.1, 0.15) is 22.5 Å². The van der Waals surface area contributed by atoms with E-state index in [9.17, 15) is 22.4 Å². The number of sulfonamides is 1. The molecular weight excluding hydrogens is 445 g/mol. The van der Waals surface area contributed by atoms with E-state index < -0.39 is 38.6 Å². The lowest BCUT2D eigenvalue weighted by atomic mass is 10.2. The maximum atomic E-state index is 13.9. The summed E-state index contributed by atoms with van der Waals surface area (Å²) in [5.41, 5.74) is 5.32. The lowest BCUT2D eigenvalue weighted by molar-refractivity contribution is -0.130. The molecule has 0 fully saturated rings. The highest BCUT2D eigenvalue weighted by Gasteiger charge is 2.27. The van der Waals surface area contributed by atoms with E-state index in [4.69, 9.17) is 4.74 Å². The molecule has 31 heavy (non-hydrogen) atoms. The molecule has 0 radical (unpaired) electrons. The van der Waals surface area contributed by atoms with Crippen molar-refractivity contribution in [2.24, 2.45) is 0 Å². The summed E-state index contributed by atoms with van der Waals surface area (Å²) in [7, 11) is -4.29. The van der Waals surface area contributed by atoms with E-state index in [2.05, 4.69) is 15.6 Å². The molecule has 11 heteroatoms. The molecule has 0 aromatic heterocycles. The quantitative estimate of drug-likeness (QED) is 0.457. The van der Waals surface area contributed by atoms with Crippen LogP contribution in [0.5, 0.6) is 5.75 Å². The van der Waals surface area contributed by atoms with Gasteiger partial charge in [-0.15, -0.1) is 0 Å². The van der Waals surface area contributed by atoms with Crippen LogP contribution < -0.4 is 20.3 Å². The monoisotopic (exact) mass is 469 g/mol. The van der Waals surface area contributed by atoms with Crippen LogP contribution in [0.4, 0.5) is 4.39 Å². The number of benzene rings is 2. The second kappa shape index (κ2) is 11.7. The van der Waals surface area contributed by atoms with Gasteiger partial charge in [-0.2, -0.15) is 16.5 Å². The highest BCUT2D eigenvalue weighted by Crippen LogP contribution is 2.15. The molecule has 2 aromatic carbocycles. The summed E-state index contributed by atoms with van der Waals surface area (Å²) < 4.78 is 46.5. The normalized spacial score (nSPS) is 12.1. The van der Waals surface area contributed by atoms with Gasteiger partial charge in [0.15, 0.2) is 6.61 Å². The fourth-order valence-corrected chi connectivity index (χ4v) is 4.28. The maximum absolute atomic E-state index is 13.9. The van der Waals surface area contributed by atoms with Crippen molar-refractivity contribution in [1.82, 2.24) is 15.6 Å². The van der Waals surface area contributed by atoms with Crippen LogP contribution in [0.2, 0.25) is 0 Å². The predicted molar refractivity (Wildman–Crippen MR) is 116 cm³/mol.